The molecule has 0 saturated carbocycles. The third kappa shape index (κ3) is 5.92. The Hall–Kier alpha value is -1.93. The summed E-state index contributed by atoms with van der Waals surface area (Å²) in [5, 5.41) is 2.53. The van der Waals surface area contributed by atoms with Crippen molar-refractivity contribution < 1.29 is 22.7 Å². The van der Waals surface area contributed by atoms with E-state index in [-0.39, 0.29) is 17.4 Å². The first-order valence-electron chi connectivity index (χ1n) is 6.38. The van der Waals surface area contributed by atoms with E-state index in [0.717, 1.165) is 0 Å². The van der Waals surface area contributed by atoms with Gasteiger partial charge in [0.1, 0.15) is 6.54 Å². The summed E-state index contributed by atoms with van der Waals surface area (Å²) in [5.41, 5.74) is 0.490. The van der Waals surface area contributed by atoms with Crippen LogP contribution in [0.2, 0.25) is 0 Å². The summed E-state index contributed by atoms with van der Waals surface area (Å²) in [4.78, 5) is 22.1. The lowest BCUT2D eigenvalue weighted by Gasteiger charge is -2.08. The number of hydrogen-bond acceptors (Lipinski definition) is 5. The van der Waals surface area contributed by atoms with E-state index < -0.39 is 22.5 Å². The number of carbonyl (C=O) groups is 2. The molecule has 1 aromatic rings. The lowest BCUT2D eigenvalue weighted by molar-refractivity contribution is -0.142. The summed E-state index contributed by atoms with van der Waals surface area (Å²) < 4.78 is 30.8. The highest BCUT2D eigenvalue weighted by molar-refractivity contribution is 7.89. The number of hydrogen-bond donors (Lipinski definition) is 2. The monoisotopic (exact) mass is 314 g/mol. The van der Waals surface area contributed by atoms with Crippen molar-refractivity contribution in [1.82, 2.24) is 4.72 Å². The molecule has 0 atom stereocenters. The molecular weight excluding hydrogens is 296 g/mol. The first-order chi connectivity index (χ1) is 9.85. The normalized spacial score (nSPS) is 11.0. The molecule has 1 amide bonds. The molecule has 0 bridgehead atoms. The fourth-order valence-corrected chi connectivity index (χ4v) is 2.39. The Labute approximate surface area is 123 Å². The van der Waals surface area contributed by atoms with Gasteiger partial charge in [-0.05, 0) is 30.7 Å². The zero-order valence-electron chi connectivity index (χ0n) is 11.9. The summed E-state index contributed by atoms with van der Waals surface area (Å²) in [7, 11) is -3.79. The van der Waals surface area contributed by atoms with Gasteiger partial charge in [0, 0.05) is 12.6 Å². The Bertz CT molecular complexity index is 595. The topological polar surface area (TPSA) is 102 Å². The number of carbonyl (C=O) groups excluding carboxylic acids is 2. The van der Waals surface area contributed by atoms with Gasteiger partial charge in [-0.2, -0.15) is 4.72 Å². The molecule has 8 heteroatoms. The molecule has 0 spiro atoms. The molecule has 2 N–H and O–H groups in total. The molecule has 0 unspecified atom stereocenters. The second-order valence-electron chi connectivity index (χ2n) is 4.25. The van der Waals surface area contributed by atoms with Crippen molar-refractivity contribution in [3.8, 4) is 0 Å². The first kappa shape index (κ1) is 17.1. The van der Waals surface area contributed by atoms with Crippen molar-refractivity contribution >= 4 is 27.6 Å². The van der Waals surface area contributed by atoms with Crippen LogP contribution in [0.15, 0.2) is 29.2 Å². The molecule has 0 saturated heterocycles. The molecule has 116 valence electrons. The standard InChI is InChI=1S/C13H18N2O5S/c1-3-8-20-13(17)9-14-21(18,19)12-6-4-11(5-7-12)15-10(2)16/h4-7,14H,3,8-9H2,1-2H3,(H,15,16). The quantitative estimate of drug-likeness (QED) is 0.727. The predicted octanol–water partition coefficient (Wildman–Crippen LogP) is 0.876. The van der Waals surface area contributed by atoms with Crippen molar-refractivity contribution in [3.63, 3.8) is 0 Å². The third-order valence-corrected chi connectivity index (χ3v) is 3.78. The smallest absolute Gasteiger partial charge is 0.321 e. The van der Waals surface area contributed by atoms with Gasteiger partial charge in [-0.1, -0.05) is 6.92 Å². The molecule has 1 rings (SSSR count). The molecule has 7 nitrogen and oxygen atoms in total. The van der Waals surface area contributed by atoms with E-state index in [2.05, 4.69) is 10.0 Å². The lowest BCUT2D eigenvalue weighted by atomic mass is 10.3. The van der Waals surface area contributed by atoms with Gasteiger partial charge in [0.15, 0.2) is 0 Å². The van der Waals surface area contributed by atoms with Gasteiger partial charge >= 0.3 is 5.97 Å². The molecule has 0 aliphatic rings. The Morgan fingerprint density at radius 1 is 1.19 bits per heavy atom. The number of rotatable bonds is 7. The second kappa shape index (κ2) is 7.75. The second-order valence-corrected chi connectivity index (χ2v) is 6.02. The fourth-order valence-electron chi connectivity index (χ4n) is 1.42. The van der Waals surface area contributed by atoms with Gasteiger partial charge in [0.05, 0.1) is 11.5 Å². The SMILES string of the molecule is CCCOC(=O)CNS(=O)(=O)c1ccc(NC(C)=O)cc1. The van der Waals surface area contributed by atoms with Crippen LogP contribution in [-0.4, -0.2) is 33.4 Å². The van der Waals surface area contributed by atoms with Gasteiger partial charge in [0.25, 0.3) is 0 Å². The molecule has 0 aromatic heterocycles. The number of sulfonamides is 1. The largest absolute Gasteiger partial charge is 0.465 e. The van der Waals surface area contributed by atoms with Crippen LogP contribution in [0, 0.1) is 0 Å². The van der Waals surface area contributed by atoms with Gasteiger partial charge in [-0.25, -0.2) is 8.42 Å². The number of amides is 1. The Morgan fingerprint density at radius 2 is 1.81 bits per heavy atom. The number of esters is 1. The Balaban J connectivity index is 2.65. The predicted molar refractivity (Wildman–Crippen MR) is 77.2 cm³/mol. The number of nitrogens with one attached hydrogen (secondary N) is 2. The number of ether oxygens (including phenoxy) is 1. The maximum atomic E-state index is 11.9. The maximum absolute atomic E-state index is 11.9. The van der Waals surface area contributed by atoms with Crippen LogP contribution in [0.1, 0.15) is 20.3 Å². The Morgan fingerprint density at radius 3 is 2.33 bits per heavy atom. The van der Waals surface area contributed by atoms with E-state index in [9.17, 15) is 18.0 Å². The summed E-state index contributed by atoms with van der Waals surface area (Å²) in [6.45, 7) is 3.03. The van der Waals surface area contributed by atoms with Crippen LogP contribution >= 0.6 is 0 Å². The lowest BCUT2D eigenvalue weighted by Crippen LogP contribution is -2.30. The highest BCUT2D eigenvalue weighted by atomic mass is 32.2. The minimum atomic E-state index is -3.79. The van der Waals surface area contributed by atoms with Crippen molar-refractivity contribution in [2.24, 2.45) is 0 Å². The van der Waals surface area contributed by atoms with Gasteiger partial charge in [-0.3, -0.25) is 9.59 Å². The van der Waals surface area contributed by atoms with Crippen molar-refractivity contribution in [1.29, 1.82) is 0 Å². The third-order valence-electron chi connectivity index (χ3n) is 2.36. The summed E-state index contributed by atoms with van der Waals surface area (Å²) in [5.74, 6) is -0.877. The molecule has 0 fully saturated rings. The first-order valence-corrected chi connectivity index (χ1v) is 7.86. The van der Waals surface area contributed by atoms with Crippen molar-refractivity contribution in [3.05, 3.63) is 24.3 Å². The molecule has 1 aromatic carbocycles. The Kier molecular flexibility index (Phi) is 6.32. The van der Waals surface area contributed by atoms with Gasteiger partial charge in [-0.15, -0.1) is 0 Å². The molecule has 0 aliphatic heterocycles. The summed E-state index contributed by atoms with van der Waals surface area (Å²) in [6, 6.07) is 5.60. The number of benzene rings is 1. The van der Waals surface area contributed by atoms with E-state index in [0.29, 0.717) is 12.1 Å². The van der Waals surface area contributed by atoms with Crippen molar-refractivity contribution in [2.45, 2.75) is 25.2 Å². The zero-order valence-corrected chi connectivity index (χ0v) is 12.7. The van der Waals surface area contributed by atoms with Crippen LogP contribution in [0.25, 0.3) is 0 Å². The maximum Gasteiger partial charge on any atom is 0.321 e. The zero-order chi connectivity index (χ0) is 15.9. The molecule has 0 heterocycles. The van der Waals surface area contributed by atoms with E-state index in [1.165, 1.54) is 31.2 Å². The minimum Gasteiger partial charge on any atom is -0.465 e. The van der Waals surface area contributed by atoms with E-state index in [1.807, 2.05) is 6.92 Å². The van der Waals surface area contributed by atoms with Gasteiger partial charge < -0.3 is 10.1 Å². The van der Waals surface area contributed by atoms with E-state index in [4.69, 9.17) is 4.74 Å². The minimum absolute atomic E-state index is 0.0000986. The molecule has 0 radical (unpaired) electrons. The number of anilines is 1. The van der Waals surface area contributed by atoms with E-state index in [1.54, 1.807) is 0 Å². The highest BCUT2D eigenvalue weighted by Crippen LogP contribution is 2.13. The van der Waals surface area contributed by atoms with Crippen LogP contribution in [0.3, 0.4) is 0 Å². The van der Waals surface area contributed by atoms with Crippen LogP contribution in [0.4, 0.5) is 5.69 Å². The van der Waals surface area contributed by atoms with Crippen LogP contribution in [-0.2, 0) is 24.3 Å². The summed E-state index contributed by atoms with van der Waals surface area (Å²) >= 11 is 0. The van der Waals surface area contributed by atoms with Crippen LogP contribution in [0.5, 0.6) is 0 Å². The molecule has 0 aliphatic carbocycles. The van der Waals surface area contributed by atoms with E-state index >= 15 is 0 Å². The molecule has 21 heavy (non-hydrogen) atoms. The highest BCUT2D eigenvalue weighted by Gasteiger charge is 2.15. The average molecular weight is 314 g/mol. The molecular formula is C13H18N2O5S. The summed E-state index contributed by atoms with van der Waals surface area (Å²) in [6.07, 6.45) is 0.670. The fraction of sp³-hybridized carbons (Fsp3) is 0.385. The van der Waals surface area contributed by atoms with Crippen LogP contribution < -0.4 is 10.0 Å². The average Bonchev–Trinajstić information content (AvgIpc) is 2.43. The van der Waals surface area contributed by atoms with Crippen molar-refractivity contribution in [2.75, 3.05) is 18.5 Å². The van der Waals surface area contributed by atoms with Gasteiger partial charge in [0.2, 0.25) is 15.9 Å².